The van der Waals surface area contributed by atoms with Crippen molar-refractivity contribution < 1.29 is 0 Å². The highest BCUT2D eigenvalue weighted by molar-refractivity contribution is 7.99. The number of rotatable bonds is 4. The monoisotopic (exact) mass is 225 g/mol. The first kappa shape index (κ1) is 11.5. The summed E-state index contributed by atoms with van der Waals surface area (Å²) >= 11 is 2.05. The molecular weight excluding hydrogens is 202 g/mol. The molecule has 2 aliphatic carbocycles. The fraction of sp³-hybridized carbons (Fsp3) is 0.846. The molecule has 0 aromatic heterocycles. The predicted octanol–water partition coefficient (Wildman–Crippen LogP) is 3.22. The molecular formula is C13H23NS. The van der Waals surface area contributed by atoms with Crippen molar-refractivity contribution in [2.24, 2.45) is 5.92 Å². The molecule has 2 heteroatoms. The Morgan fingerprint density at radius 3 is 2.87 bits per heavy atom. The van der Waals surface area contributed by atoms with Crippen LogP contribution in [0.15, 0.2) is 12.2 Å². The first-order valence-electron chi connectivity index (χ1n) is 6.29. The normalized spacial score (nSPS) is 35.9. The van der Waals surface area contributed by atoms with Crippen molar-refractivity contribution in [1.29, 1.82) is 0 Å². The second kappa shape index (κ2) is 5.95. The Labute approximate surface area is 98.1 Å². The van der Waals surface area contributed by atoms with Crippen LogP contribution in [0.2, 0.25) is 0 Å². The maximum atomic E-state index is 3.77. The lowest BCUT2D eigenvalue weighted by Crippen LogP contribution is -2.32. The van der Waals surface area contributed by atoms with Crippen LogP contribution in [0.5, 0.6) is 0 Å². The van der Waals surface area contributed by atoms with Crippen molar-refractivity contribution in [3.05, 3.63) is 12.2 Å². The summed E-state index contributed by atoms with van der Waals surface area (Å²) in [6.07, 6.45) is 15.1. The first-order chi connectivity index (χ1) is 7.38. The van der Waals surface area contributed by atoms with Crippen LogP contribution in [-0.4, -0.2) is 24.1 Å². The summed E-state index contributed by atoms with van der Waals surface area (Å²) in [4.78, 5) is 0. The first-order valence-corrected chi connectivity index (χ1v) is 7.58. The highest BCUT2D eigenvalue weighted by Gasteiger charge is 2.24. The number of allylic oxidation sites excluding steroid dienone is 2. The molecule has 0 aromatic rings. The molecule has 0 aromatic carbocycles. The van der Waals surface area contributed by atoms with Crippen molar-refractivity contribution in [3.8, 4) is 0 Å². The molecule has 1 saturated carbocycles. The second-order valence-corrected chi connectivity index (χ2v) is 6.06. The van der Waals surface area contributed by atoms with E-state index in [9.17, 15) is 0 Å². The molecule has 0 radical (unpaired) electrons. The van der Waals surface area contributed by atoms with Crippen LogP contribution in [0.4, 0.5) is 0 Å². The van der Waals surface area contributed by atoms with Crippen LogP contribution in [0.3, 0.4) is 0 Å². The van der Waals surface area contributed by atoms with Gasteiger partial charge in [0.25, 0.3) is 0 Å². The van der Waals surface area contributed by atoms with E-state index < -0.39 is 0 Å². The predicted molar refractivity (Wildman–Crippen MR) is 69.4 cm³/mol. The van der Waals surface area contributed by atoms with E-state index in [4.69, 9.17) is 0 Å². The van der Waals surface area contributed by atoms with Gasteiger partial charge in [0.15, 0.2) is 0 Å². The van der Waals surface area contributed by atoms with Gasteiger partial charge in [-0.15, -0.1) is 0 Å². The number of thioether (sulfide) groups is 1. The number of hydrogen-bond acceptors (Lipinski definition) is 2. The number of nitrogens with one attached hydrogen (secondary N) is 1. The smallest absolute Gasteiger partial charge is 0.00781 e. The summed E-state index contributed by atoms with van der Waals surface area (Å²) in [5.74, 6) is 0.906. The highest BCUT2D eigenvalue weighted by Crippen LogP contribution is 2.28. The molecule has 0 heterocycles. The van der Waals surface area contributed by atoms with E-state index in [1.165, 1.54) is 45.1 Å². The summed E-state index contributed by atoms with van der Waals surface area (Å²) in [5, 5.41) is 4.69. The lowest BCUT2D eigenvalue weighted by atomic mass is 9.94. The summed E-state index contributed by atoms with van der Waals surface area (Å²) in [6.45, 7) is 1.25. The van der Waals surface area contributed by atoms with Gasteiger partial charge in [-0.25, -0.2) is 0 Å². The molecule has 1 nitrogen and oxygen atoms in total. The van der Waals surface area contributed by atoms with Gasteiger partial charge in [0, 0.05) is 11.3 Å². The zero-order chi connectivity index (χ0) is 10.5. The number of hydrogen-bond donors (Lipinski definition) is 1. The molecule has 0 bridgehead atoms. The van der Waals surface area contributed by atoms with Crippen LogP contribution >= 0.6 is 11.8 Å². The van der Waals surface area contributed by atoms with Gasteiger partial charge in [-0.1, -0.05) is 12.2 Å². The molecule has 2 aliphatic rings. The fourth-order valence-electron chi connectivity index (χ4n) is 2.71. The molecule has 1 N–H and O–H groups in total. The van der Waals surface area contributed by atoms with E-state index in [2.05, 4.69) is 23.7 Å². The lowest BCUT2D eigenvalue weighted by Gasteiger charge is -2.21. The van der Waals surface area contributed by atoms with E-state index in [-0.39, 0.29) is 0 Å². The molecule has 0 aliphatic heterocycles. The second-order valence-electron chi connectivity index (χ2n) is 4.93. The minimum absolute atomic E-state index is 0.813. The van der Waals surface area contributed by atoms with Gasteiger partial charge in [-0.2, -0.15) is 11.8 Å². The Morgan fingerprint density at radius 1 is 1.27 bits per heavy atom. The largest absolute Gasteiger partial charge is 0.314 e. The summed E-state index contributed by atoms with van der Waals surface area (Å²) in [5.41, 5.74) is 0. The highest BCUT2D eigenvalue weighted by atomic mass is 32.2. The molecule has 0 amide bonds. The van der Waals surface area contributed by atoms with Crippen LogP contribution < -0.4 is 5.32 Å². The molecule has 15 heavy (non-hydrogen) atoms. The zero-order valence-corrected chi connectivity index (χ0v) is 10.6. The Balaban J connectivity index is 1.63. The third-order valence-electron chi connectivity index (χ3n) is 3.79. The standard InChI is InChI=1S/C13H23NS/c1-15-13-8-7-12(9-13)14-10-11-5-3-2-4-6-11/h2-3,11-14H,4-10H2,1H3. The minimum atomic E-state index is 0.813. The quantitative estimate of drug-likeness (QED) is 0.737. The van der Waals surface area contributed by atoms with Gasteiger partial charge in [0.2, 0.25) is 0 Å². The zero-order valence-electron chi connectivity index (χ0n) is 9.74. The van der Waals surface area contributed by atoms with Crippen LogP contribution in [-0.2, 0) is 0 Å². The van der Waals surface area contributed by atoms with Crippen LogP contribution in [0.1, 0.15) is 38.5 Å². The summed E-state index contributed by atoms with van der Waals surface area (Å²) in [7, 11) is 0. The van der Waals surface area contributed by atoms with Gasteiger partial charge >= 0.3 is 0 Å². The van der Waals surface area contributed by atoms with Crippen molar-refractivity contribution >= 4 is 11.8 Å². The van der Waals surface area contributed by atoms with E-state index >= 15 is 0 Å². The average Bonchev–Trinajstić information content (AvgIpc) is 2.76. The minimum Gasteiger partial charge on any atom is -0.314 e. The van der Waals surface area contributed by atoms with E-state index in [0.29, 0.717) is 0 Å². The van der Waals surface area contributed by atoms with E-state index in [1.807, 2.05) is 11.8 Å². The van der Waals surface area contributed by atoms with Crippen LogP contribution in [0.25, 0.3) is 0 Å². The Morgan fingerprint density at radius 2 is 2.20 bits per heavy atom. The van der Waals surface area contributed by atoms with E-state index in [1.54, 1.807) is 0 Å². The molecule has 86 valence electrons. The molecule has 3 atom stereocenters. The summed E-state index contributed by atoms with van der Waals surface area (Å²) in [6, 6.07) is 0.813. The molecule has 2 rings (SSSR count). The van der Waals surface area contributed by atoms with Crippen LogP contribution in [0, 0.1) is 5.92 Å². The van der Waals surface area contributed by atoms with Gasteiger partial charge in [-0.3, -0.25) is 0 Å². The molecule has 1 fully saturated rings. The van der Waals surface area contributed by atoms with Crippen molar-refractivity contribution in [2.75, 3.05) is 12.8 Å². The Hall–Kier alpha value is 0.0500. The third kappa shape index (κ3) is 3.53. The van der Waals surface area contributed by atoms with Crippen molar-refractivity contribution in [1.82, 2.24) is 5.32 Å². The summed E-state index contributed by atoms with van der Waals surface area (Å²) < 4.78 is 0. The third-order valence-corrected chi connectivity index (χ3v) is 4.89. The maximum Gasteiger partial charge on any atom is 0.00781 e. The molecule has 0 saturated heterocycles. The van der Waals surface area contributed by atoms with E-state index in [0.717, 1.165) is 17.2 Å². The Bertz CT molecular complexity index is 215. The lowest BCUT2D eigenvalue weighted by molar-refractivity contribution is 0.404. The van der Waals surface area contributed by atoms with Gasteiger partial charge < -0.3 is 5.32 Å². The topological polar surface area (TPSA) is 12.0 Å². The van der Waals surface area contributed by atoms with Crippen molar-refractivity contribution in [3.63, 3.8) is 0 Å². The van der Waals surface area contributed by atoms with Crippen molar-refractivity contribution in [2.45, 2.75) is 49.8 Å². The molecule has 3 unspecified atom stereocenters. The van der Waals surface area contributed by atoms with Gasteiger partial charge in [0.1, 0.15) is 0 Å². The SMILES string of the molecule is CSC1CCC(NCC2CC=CCC2)C1. The fourth-order valence-corrected chi connectivity index (χ4v) is 3.51. The Kier molecular flexibility index (Phi) is 4.58. The van der Waals surface area contributed by atoms with Gasteiger partial charge in [0.05, 0.1) is 0 Å². The molecule has 0 spiro atoms. The maximum absolute atomic E-state index is 3.77. The van der Waals surface area contributed by atoms with Gasteiger partial charge in [-0.05, 0) is 57.2 Å². The average molecular weight is 225 g/mol.